The third-order valence-corrected chi connectivity index (χ3v) is 5.93. The summed E-state index contributed by atoms with van der Waals surface area (Å²) >= 11 is 0. The summed E-state index contributed by atoms with van der Waals surface area (Å²) in [5, 5.41) is 8.15. The summed E-state index contributed by atoms with van der Waals surface area (Å²) < 4.78 is 44.0. The van der Waals surface area contributed by atoms with Crippen LogP contribution in [0.5, 0.6) is 11.5 Å². The Balaban J connectivity index is 1.96. The number of sulfonamides is 1. The van der Waals surface area contributed by atoms with Gasteiger partial charge in [-0.2, -0.15) is 0 Å². The summed E-state index contributed by atoms with van der Waals surface area (Å²) in [4.78, 5) is 0.189. The minimum absolute atomic E-state index is 0.189. The van der Waals surface area contributed by atoms with E-state index >= 15 is 0 Å². The lowest BCUT2D eigenvalue weighted by molar-refractivity contribution is 0.355. The molecule has 9 heteroatoms. The van der Waals surface area contributed by atoms with Crippen molar-refractivity contribution in [1.29, 1.82) is 0 Å². The van der Waals surface area contributed by atoms with Crippen LogP contribution >= 0.6 is 0 Å². The SMILES string of the molecule is CCCNS(=O)(=O)c1cc(-c2nnc(-c3ccc(OC)c(OC)c3)o2)ccc1C. The zero-order valence-corrected chi connectivity index (χ0v) is 17.5. The Morgan fingerprint density at radius 1 is 0.966 bits per heavy atom. The molecule has 0 bridgehead atoms. The predicted molar refractivity (Wildman–Crippen MR) is 108 cm³/mol. The average Bonchev–Trinajstić information content (AvgIpc) is 3.22. The number of hydrogen-bond donors (Lipinski definition) is 1. The molecule has 29 heavy (non-hydrogen) atoms. The van der Waals surface area contributed by atoms with Crippen LogP contribution in [0.1, 0.15) is 18.9 Å². The van der Waals surface area contributed by atoms with Crippen LogP contribution in [-0.2, 0) is 10.0 Å². The summed E-state index contributed by atoms with van der Waals surface area (Å²) in [6.07, 6.45) is 0.705. The van der Waals surface area contributed by atoms with Crippen LogP contribution in [-0.4, -0.2) is 39.4 Å². The van der Waals surface area contributed by atoms with Crippen molar-refractivity contribution < 1.29 is 22.3 Å². The van der Waals surface area contributed by atoms with E-state index in [0.29, 0.717) is 41.2 Å². The van der Waals surface area contributed by atoms with E-state index in [1.165, 1.54) is 0 Å². The van der Waals surface area contributed by atoms with E-state index in [0.717, 1.165) is 0 Å². The summed E-state index contributed by atoms with van der Waals surface area (Å²) in [5.74, 6) is 1.64. The molecule has 0 radical (unpaired) electrons. The lowest BCUT2D eigenvalue weighted by atomic mass is 10.1. The molecule has 0 aliphatic heterocycles. The maximum atomic E-state index is 12.5. The van der Waals surface area contributed by atoms with Crippen molar-refractivity contribution in [1.82, 2.24) is 14.9 Å². The molecule has 0 fully saturated rings. The Kier molecular flexibility index (Phi) is 6.19. The fourth-order valence-corrected chi connectivity index (χ4v) is 4.17. The first-order valence-electron chi connectivity index (χ1n) is 9.06. The van der Waals surface area contributed by atoms with E-state index in [2.05, 4.69) is 14.9 Å². The van der Waals surface area contributed by atoms with Crippen molar-refractivity contribution in [2.45, 2.75) is 25.2 Å². The fraction of sp³-hybridized carbons (Fsp3) is 0.300. The number of hydrogen-bond acceptors (Lipinski definition) is 7. The van der Waals surface area contributed by atoms with Gasteiger partial charge < -0.3 is 13.9 Å². The maximum absolute atomic E-state index is 12.5. The highest BCUT2D eigenvalue weighted by atomic mass is 32.2. The van der Waals surface area contributed by atoms with Gasteiger partial charge in [0.2, 0.25) is 21.8 Å². The lowest BCUT2D eigenvalue weighted by Crippen LogP contribution is -2.25. The van der Waals surface area contributed by atoms with Crippen molar-refractivity contribution in [3.63, 3.8) is 0 Å². The van der Waals surface area contributed by atoms with Gasteiger partial charge in [-0.25, -0.2) is 13.1 Å². The topological polar surface area (TPSA) is 104 Å². The second-order valence-corrected chi connectivity index (χ2v) is 8.10. The number of aryl methyl sites for hydroxylation is 1. The van der Waals surface area contributed by atoms with Crippen molar-refractivity contribution in [3.05, 3.63) is 42.0 Å². The number of nitrogens with one attached hydrogen (secondary N) is 1. The lowest BCUT2D eigenvalue weighted by Gasteiger charge is -2.09. The molecular weight excluding hydrogens is 394 g/mol. The minimum atomic E-state index is -3.62. The highest BCUT2D eigenvalue weighted by Gasteiger charge is 2.19. The Hall–Kier alpha value is -2.91. The molecule has 0 saturated heterocycles. The number of benzene rings is 2. The molecule has 154 valence electrons. The molecule has 3 rings (SSSR count). The van der Waals surface area contributed by atoms with E-state index in [1.54, 1.807) is 57.5 Å². The van der Waals surface area contributed by atoms with Gasteiger partial charge in [-0.15, -0.1) is 10.2 Å². The first-order valence-corrected chi connectivity index (χ1v) is 10.5. The molecule has 0 amide bonds. The molecule has 0 spiro atoms. The number of nitrogens with zero attached hydrogens (tertiary/aromatic N) is 2. The zero-order chi connectivity index (χ0) is 21.0. The van der Waals surface area contributed by atoms with E-state index in [1.807, 2.05) is 6.92 Å². The highest BCUT2D eigenvalue weighted by molar-refractivity contribution is 7.89. The largest absolute Gasteiger partial charge is 0.493 e. The Morgan fingerprint density at radius 2 is 1.59 bits per heavy atom. The van der Waals surface area contributed by atoms with Crippen LogP contribution in [0, 0.1) is 6.92 Å². The van der Waals surface area contributed by atoms with Gasteiger partial charge in [-0.1, -0.05) is 13.0 Å². The van der Waals surface area contributed by atoms with Crippen LogP contribution in [0.2, 0.25) is 0 Å². The molecule has 0 unspecified atom stereocenters. The van der Waals surface area contributed by atoms with Gasteiger partial charge in [-0.05, 0) is 49.2 Å². The van der Waals surface area contributed by atoms with Gasteiger partial charge in [0.25, 0.3) is 0 Å². The molecule has 2 aromatic carbocycles. The van der Waals surface area contributed by atoms with Crippen molar-refractivity contribution in [2.24, 2.45) is 0 Å². The molecular formula is C20H23N3O5S. The van der Waals surface area contributed by atoms with Crippen molar-refractivity contribution >= 4 is 10.0 Å². The molecule has 8 nitrogen and oxygen atoms in total. The Labute approximate surface area is 169 Å². The van der Waals surface area contributed by atoms with Gasteiger partial charge in [-0.3, -0.25) is 0 Å². The van der Waals surface area contributed by atoms with Gasteiger partial charge in [0.15, 0.2) is 11.5 Å². The molecule has 0 atom stereocenters. The summed E-state index contributed by atoms with van der Waals surface area (Å²) in [6, 6.07) is 10.3. The van der Waals surface area contributed by atoms with Crippen LogP contribution in [0.25, 0.3) is 22.9 Å². The summed E-state index contributed by atoms with van der Waals surface area (Å²) in [5.41, 5.74) is 1.81. The fourth-order valence-electron chi connectivity index (χ4n) is 2.76. The molecule has 0 saturated carbocycles. The first-order chi connectivity index (χ1) is 13.9. The molecule has 1 N–H and O–H groups in total. The van der Waals surface area contributed by atoms with Crippen LogP contribution < -0.4 is 14.2 Å². The zero-order valence-electron chi connectivity index (χ0n) is 16.7. The molecule has 1 heterocycles. The van der Waals surface area contributed by atoms with E-state index in [9.17, 15) is 8.42 Å². The number of rotatable bonds is 8. The number of aromatic nitrogens is 2. The molecule has 3 aromatic rings. The third-order valence-electron chi connectivity index (χ3n) is 4.32. The van der Waals surface area contributed by atoms with E-state index in [-0.39, 0.29) is 16.7 Å². The molecule has 0 aliphatic carbocycles. The number of ether oxygens (including phenoxy) is 2. The van der Waals surface area contributed by atoms with Crippen molar-refractivity contribution in [3.8, 4) is 34.4 Å². The normalized spacial score (nSPS) is 11.4. The Bertz CT molecular complexity index is 1110. The number of methoxy groups -OCH3 is 2. The maximum Gasteiger partial charge on any atom is 0.248 e. The first kappa shape index (κ1) is 20.8. The summed E-state index contributed by atoms with van der Waals surface area (Å²) in [6.45, 7) is 4.02. The van der Waals surface area contributed by atoms with E-state index < -0.39 is 10.0 Å². The predicted octanol–water partition coefficient (Wildman–Crippen LogP) is 3.42. The van der Waals surface area contributed by atoms with Gasteiger partial charge in [0.05, 0.1) is 19.1 Å². The van der Waals surface area contributed by atoms with Crippen LogP contribution in [0.15, 0.2) is 45.7 Å². The molecule has 0 aliphatic rings. The van der Waals surface area contributed by atoms with Crippen molar-refractivity contribution in [2.75, 3.05) is 20.8 Å². The second kappa shape index (κ2) is 8.62. The van der Waals surface area contributed by atoms with Gasteiger partial charge >= 0.3 is 0 Å². The standard InChI is InChI=1S/C20H23N3O5S/c1-5-10-21-29(24,25)18-12-15(7-6-13(18)2)20-23-22-19(28-20)14-8-9-16(26-3)17(11-14)27-4/h6-9,11-12,21H,5,10H2,1-4H3. The monoisotopic (exact) mass is 417 g/mol. The van der Waals surface area contributed by atoms with Gasteiger partial charge in [0.1, 0.15) is 0 Å². The Morgan fingerprint density at radius 3 is 2.21 bits per heavy atom. The van der Waals surface area contributed by atoms with Crippen LogP contribution in [0.4, 0.5) is 0 Å². The summed E-state index contributed by atoms with van der Waals surface area (Å²) in [7, 11) is -0.516. The second-order valence-electron chi connectivity index (χ2n) is 6.36. The smallest absolute Gasteiger partial charge is 0.248 e. The molecule has 1 aromatic heterocycles. The van der Waals surface area contributed by atoms with E-state index in [4.69, 9.17) is 13.9 Å². The quantitative estimate of drug-likeness (QED) is 0.599. The third kappa shape index (κ3) is 4.41. The van der Waals surface area contributed by atoms with Crippen LogP contribution in [0.3, 0.4) is 0 Å². The highest BCUT2D eigenvalue weighted by Crippen LogP contribution is 2.33. The minimum Gasteiger partial charge on any atom is -0.493 e. The average molecular weight is 417 g/mol. The van der Waals surface area contributed by atoms with Gasteiger partial charge in [0, 0.05) is 17.7 Å².